The number of rotatable bonds is 4. The van der Waals surface area contributed by atoms with Crippen molar-refractivity contribution in [3.8, 4) is 0 Å². The number of fused-ring (bicyclic) bond motifs is 1. The largest absolute Gasteiger partial charge is 0.327 e. The molecule has 1 heterocycles. The number of nitrogens with two attached hydrogens (primary N) is 1. The van der Waals surface area contributed by atoms with Crippen LogP contribution in [0.15, 0.2) is 23.6 Å². The first kappa shape index (κ1) is 12.8. The van der Waals surface area contributed by atoms with Gasteiger partial charge >= 0.3 is 0 Å². The number of hydrogen-bond donors (Lipinski definition) is 1. The zero-order valence-electron chi connectivity index (χ0n) is 11.4. The summed E-state index contributed by atoms with van der Waals surface area (Å²) in [5, 5.41) is 3.25. The second-order valence-electron chi connectivity index (χ2n) is 5.48. The zero-order chi connectivity index (χ0) is 13.2. The molecular weight excluding hydrogens is 252 g/mol. The summed E-state index contributed by atoms with van der Waals surface area (Å²) in [6.45, 7) is 2.04. The Labute approximate surface area is 118 Å². The summed E-state index contributed by atoms with van der Waals surface area (Å²) in [6, 6.07) is 7.06. The van der Waals surface area contributed by atoms with Crippen molar-refractivity contribution in [2.24, 2.45) is 5.73 Å². The highest BCUT2D eigenvalue weighted by molar-refractivity contribution is 7.09. The zero-order valence-corrected chi connectivity index (χ0v) is 12.2. The summed E-state index contributed by atoms with van der Waals surface area (Å²) in [4.78, 5) is 4.49. The predicted molar refractivity (Wildman–Crippen MR) is 80.7 cm³/mol. The highest BCUT2D eigenvalue weighted by Gasteiger charge is 2.13. The number of aromatic nitrogens is 1. The van der Waals surface area contributed by atoms with Crippen LogP contribution in [0.2, 0.25) is 0 Å². The molecule has 3 heteroatoms. The molecule has 1 aliphatic carbocycles. The molecule has 0 bridgehead atoms. The van der Waals surface area contributed by atoms with E-state index in [1.165, 1.54) is 36.0 Å². The lowest BCUT2D eigenvalue weighted by molar-refractivity contribution is 0.655. The summed E-state index contributed by atoms with van der Waals surface area (Å²) in [7, 11) is 0. The average Bonchev–Trinajstić information content (AvgIpc) is 2.97. The standard InChI is InChI=1S/C16H20N2S/c1-11-18-16(10-19-11)9-15(17)8-12-5-6-13-3-2-4-14(13)7-12/h5-7,10,15H,2-4,8-9,17H2,1H3. The van der Waals surface area contributed by atoms with E-state index < -0.39 is 0 Å². The maximum absolute atomic E-state index is 6.26. The molecule has 0 saturated heterocycles. The minimum Gasteiger partial charge on any atom is -0.327 e. The molecular formula is C16H20N2S. The van der Waals surface area contributed by atoms with Crippen LogP contribution in [-0.4, -0.2) is 11.0 Å². The van der Waals surface area contributed by atoms with Gasteiger partial charge in [0, 0.05) is 17.8 Å². The highest BCUT2D eigenvalue weighted by Crippen LogP contribution is 2.23. The van der Waals surface area contributed by atoms with Gasteiger partial charge in [0.15, 0.2) is 0 Å². The quantitative estimate of drug-likeness (QED) is 0.929. The van der Waals surface area contributed by atoms with E-state index in [4.69, 9.17) is 5.73 Å². The van der Waals surface area contributed by atoms with E-state index in [9.17, 15) is 0 Å². The number of benzene rings is 1. The minimum absolute atomic E-state index is 0.168. The van der Waals surface area contributed by atoms with Gasteiger partial charge in [-0.2, -0.15) is 0 Å². The van der Waals surface area contributed by atoms with Crippen LogP contribution in [0.5, 0.6) is 0 Å². The Kier molecular flexibility index (Phi) is 3.67. The molecule has 1 unspecified atom stereocenters. The molecule has 0 radical (unpaired) electrons. The molecule has 2 nitrogen and oxygen atoms in total. The molecule has 2 aromatic rings. The van der Waals surface area contributed by atoms with Gasteiger partial charge in [-0.05, 0) is 49.3 Å². The molecule has 100 valence electrons. The smallest absolute Gasteiger partial charge is 0.0897 e. The molecule has 0 saturated carbocycles. The van der Waals surface area contributed by atoms with Crippen LogP contribution >= 0.6 is 11.3 Å². The maximum atomic E-state index is 6.26. The van der Waals surface area contributed by atoms with Crippen molar-refractivity contribution in [2.45, 2.75) is 45.1 Å². The van der Waals surface area contributed by atoms with E-state index in [0.29, 0.717) is 0 Å². The van der Waals surface area contributed by atoms with Gasteiger partial charge in [-0.25, -0.2) is 4.98 Å². The van der Waals surface area contributed by atoms with E-state index in [1.807, 2.05) is 6.92 Å². The first-order valence-corrected chi connectivity index (χ1v) is 7.86. The fourth-order valence-corrected chi connectivity index (χ4v) is 3.52. The van der Waals surface area contributed by atoms with E-state index in [1.54, 1.807) is 11.3 Å². The number of aryl methyl sites for hydroxylation is 3. The molecule has 1 atom stereocenters. The molecule has 3 rings (SSSR count). The molecule has 0 aliphatic heterocycles. The lowest BCUT2D eigenvalue weighted by Crippen LogP contribution is -2.25. The van der Waals surface area contributed by atoms with Gasteiger partial charge in [-0.15, -0.1) is 11.3 Å². The molecule has 19 heavy (non-hydrogen) atoms. The van der Waals surface area contributed by atoms with Gasteiger partial charge in [-0.1, -0.05) is 18.2 Å². The summed E-state index contributed by atoms with van der Waals surface area (Å²) in [6.07, 6.45) is 5.62. The van der Waals surface area contributed by atoms with Crippen LogP contribution in [0.3, 0.4) is 0 Å². The van der Waals surface area contributed by atoms with Gasteiger partial charge < -0.3 is 5.73 Å². The minimum atomic E-state index is 0.168. The van der Waals surface area contributed by atoms with Crippen LogP contribution < -0.4 is 5.73 Å². The first-order valence-electron chi connectivity index (χ1n) is 6.98. The summed E-state index contributed by atoms with van der Waals surface area (Å²) >= 11 is 1.70. The normalized spacial score (nSPS) is 15.5. The molecule has 1 aliphatic rings. The molecule has 2 N–H and O–H groups in total. The number of nitrogens with zero attached hydrogens (tertiary/aromatic N) is 1. The van der Waals surface area contributed by atoms with E-state index in [2.05, 4.69) is 28.6 Å². The maximum Gasteiger partial charge on any atom is 0.0897 e. The number of thiazole rings is 1. The molecule has 0 fully saturated rings. The molecule has 0 amide bonds. The second kappa shape index (κ2) is 5.43. The average molecular weight is 272 g/mol. The fourth-order valence-electron chi connectivity index (χ4n) is 2.90. The number of hydrogen-bond acceptors (Lipinski definition) is 3. The van der Waals surface area contributed by atoms with Crippen molar-refractivity contribution in [3.63, 3.8) is 0 Å². The Balaban J connectivity index is 1.64. The summed E-state index contributed by atoms with van der Waals surface area (Å²) in [5.41, 5.74) is 11.8. The predicted octanol–water partition coefficient (Wildman–Crippen LogP) is 3.05. The SMILES string of the molecule is Cc1nc(CC(N)Cc2ccc3c(c2)CCC3)cs1. The Morgan fingerprint density at radius 2 is 2.11 bits per heavy atom. The van der Waals surface area contributed by atoms with Crippen molar-refractivity contribution in [1.82, 2.24) is 4.98 Å². The van der Waals surface area contributed by atoms with Crippen LogP contribution in [0.4, 0.5) is 0 Å². The topological polar surface area (TPSA) is 38.9 Å². The van der Waals surface area contributed by atoms with Crippen LogP contribution in [-0.2, 0) is 25.7 Å². The Bertz CT molecular complexity index is 574. The third-order valence-corrected chi connectivity index (χ3v) is 4.62. The third-order valence-electron chi connectivity index (χ3n) is 3.80. The molecule has 1 aromatic heterocycles. The van der Waals surface area contributed by atoms with Gasteiger partial charge in [0.1, 0.15) is 0 Å². The van der Waals surface area contributed by atoms with E-state index in [0.717, 1.165) is 23.5 Å². The second-order valence-corrected chi connectivity index (χ2v) is 6.55. The lowest BCUT2D eigenvalue weighted by atomic mass is 9.99. The van der Waals surface area contributed by atoms with Crippen LogP contribution in [0.1, 0.15) is 33.8 Å². The molecule has 0 spiro atoms. The third kappa shape index (κ3) is 3.04. The summed E-state index contributed by atoms with van der Waals surface area (Å²) in [5.74, 6) is 0. The van der Waals surface area contributed by atoms with Gasteiger partial charge in [-0.3, -0.25) is 0 Å². The summed E-state index contributed by atoms with van der Waals surface area (Å²) < 4.78 is 0. The van der Waals surface area contributed by atoms with Crippen molar-refractivity contribution in [3.05, 3.63) is 51.0 Å². The fraction of sp³-hybridized carbons (Fsp3) is 0.438. The van der Waals surface area contributed by atoms with Crippen molar-refractivity contribution < 1.29 is 0 Å². The van der Waals surface area contributed by atoms with Crippen molar-refractivity contribution in [2.75, 3.05) is 0 Å². The lowest BCUT2D eigenvalue weighted by Gasteiger charge is -2.11. The molecule has 1 aromatic carbocycles. The van der Waals surface area contributed by atoms with Gasteiger partial charge in [0.05, 0.1) is 10.7 Å². The van der Waals surface area contributed by atoms with Crippen molar-refractivity contribution >= 4 is 11.3 Å². The Morgan fingerprint density at radius 1 is 1.26 bits per heavy atom. The Hall–Kier alpha value is -1.19. The highest BCUT2D eigenvalue weighted by atomic mass is 32.1. The van der Waals surface area contributed by atoms with Gasteiger partial charge in [0.2, 0.25) is 0 Å². The van der Waals surface area contributed by atoms with Crippen LogP contribution in [0, 0.1) is 6.92 Å². The van der Waals surface area contributed by atoms with Crippen molar-refractivity contribution in [1.29, 1.82) is 0 Å². The monoisotopic (exact) mass is 272 g/mol. The Morgan fingerprint density at radius 3 is 2.89 bits per heavy atom. The van der Waals surface area contributed by atoms with E-state index in [-0.39, 0.29) is 6.04 Å². The van der Waals surface area contributed by atoms with Gasteiger partial charge in [0.25, 0.3) is 0 Å². The first-order chi connectivity index (χ1) is 9.20. The van der Waals surface area contributed by atoms with Crippen LogP contribution in [0.25, 0.3) is 0 Å². The van der Waals surface area contributed by atoms with E-state index >= 15 is 0 Å².